The van der Waals surface area contributed by atoms with Crippen LogP contribution >= 0.6 is 11.3 Å². The molecule has 6 nitrogen and oxygen atoms in total. The molecule has 0 saturated carbocycles. The minimum absolute atomic E-state index is 0.0523. The van der Waals surface area contributed by atoms with Gasteiger partial charge in [-0.05, 0) is 36.8 Å². The second-order valence-corrected chi connectivity index (χ2v) is 7.29. The molecule has 0 spiro atoms. The first kappa shape index (κ1) is 18.1. The molecule has 26 heavy (non-hydrogen) atoms. The van der Waals surface area contributed by atoms with Crippen LogP contribution in [0.15, 0.2) is 46.6 Å². The van der Waals surface area contributed by atoms with Crippen molar-refractivity contribution in [1.82, 2.24) is 20.2 Å². The fourth-order valence-corrected chi connectivity index (χ4v) is 3.44. The van der Waals surface area contributed by atoms with E-state index in [0.717, 1.165) is 12.8 Å². The number of aryl methyl sites for hydroxylation is 1. The number of nitrogens with one attached hydrogen (secondary N) is 2. The topological polar surface area (TPSA) is 78.1 Å². The van der Waals surface area contributed by atoms with Gasteiger partial charge in [0.1, 0.15) is 10.5 Å². The Morgan fingerprint density at radius 3 is 2.85 bits per heavy atom. The summed E-state index contributed by atoms with van der Waals surface area (Å²) in [5.41, 5.74) is 1.76. The van der Waals surface area contributed by atoms with Gasteiger partial charge < -0.3 is 15.2 Å². The molecule has 0 saturated heterocycles. The van der Waals surface area contributed by atoms with E-state index >= 15 is 0 Å². The summed E-state index contributed by atoms with van der Waals surface area (Å²) in [4.78, 5) is 33.0. The Morgan fingerprint density at radius 1 is 1.31 bits per heavy atom. The number of carbonyl (C=O) groups excluding carboxylic acids is 1. The molecule has 2 N–H and O–H groups in total. The number of fused-ring (bicyclic) bond motifs is 1. The first-order valence-corrected chi connectivity index (χ1v) is 9.43. The molecule has 0 bridgehead atoms. The van der Waals surface area contributed by atoms with Gasteiger partial charge in [0, 0.05) is 13.1 Å². The second kappa shape index (κ2) is 8.14. The number of benzene rings is 1. The highest BCUT2D eigenvalue weighted by atomic mass is 32.1. The summed E-state index contributed by atoms with van der Waals surface area (Å²) in [5, 5.41) is 4.82. The zero-order valence-electron chi connectivity index (χ0n) is 14.9. The van der Waals surface area contributed by atoms with Crippen LogP contribution in [0.4, 0.5) is 4.79 Å². The summed E-state index contributed by atoms with van der Waals surface area (Å²) < 4.78 is 0.607. The Balaban J connectivity index is 1.54. The monoisotopic (exact) mass is 370 g/mol. The van der Waals surface area contributed by atoms with E-state index in [1.165, 1.54) is 21.8 Å². The third-order valence-corrected chi connectivity index (χ3v) is 5.08. The molecular weight excluding hydrogens is 348 g/mol. The molecule has 0 aliphatic rings. The molecular formula is C19H22N4O2S. The van der Waals surface area contributed by atoms with E-state index in [-0.39, 0.29) is 24.2 Å². The molecule has 3 aromatic rings. The largest absolute Gasteiger partial charge is 0.336 e. The van der Waals surface area contributed by atoms with Crippen molar-refractivity contribution in [3.05, 3.63) is 63.5 Å². The quantitative estimate of drug-likeness (QED) is 0.700. The van der Waals surface area contributed by atoms with Gasteiger partial charge in [-0.3, -0.25) is 4.79 Å². The number of thiophene rings is 1. The molecule has 1 aromatic carbocycles. The number of carbonyl (C=O) groups is 1. The Hall–Kier alpha value is -2.67. The first-order valence-electron chi connectivity index (χ1n) is 8.55. The van der Waals surface area contributed by atoms with Crippen LogP contribution in [-0.2, 0) is 13.0 Å². The molecule has 0 unspecified atom stereocenters. The lowest BCUT2D eigenvalue weighted by molar-refractivity contribution is 0.201. The van der Waals surface area contributed by atoms with Gasteiger partial charge in [0.25, 0.3) is 5.56 Å². The van der Waals surface area contributed by atoms with Gasteiger partial charge >= 0.3 is 6.03 Å². The maximum atomic E-state index is 12.4. The molecule has 2 amide bonds. The summed E-state index contributed by atoms with van der Waals surface area (Å²) >= 11 is 1.36. The molecule has 2 heterocycles. The molecule has 3 rings (SSSR count). The standard InChI is InChI=1S/C19H22N4O2S/c1-13(8-9-14-6-4-3-5-7-14)20-19(25)23(2)12-16-21-15-10-11-26-17(15)18(24)22-16/h3-7,10-11,13H,8-9,12H2,1-2H3,(H,20,25)(H,21,22,24)/t13-/m1/s1. The summed E-state index contributed by atoms with van der Waals surface area (Å²) in [6, 6.07) is 11.9. The molecule has 0 aliphatic carbocycles. The van der Waals surface area contributed by atoms with Crippen molar-refractivity contribution in [2.24, 2.45) is 0 Å². The zero-order chi connectivity index (χ0) is 18.5. The van der Waals surface area contributed by atoms with Crippen LogP contribution in [0.25, 0.3) is 10.2 Å². The minimum Gasteiger partial charge on any atom is -0.336 e. The van der Waals surface area contributed by atoms with Crippen LogP contribution in [0.5, 0.6) is 0 Å². The van der Waals surface area contributed by atoms with Crippen LogP contribution in [0.1, 0.15) is 24.7 Å². The van der Waals surface area contributed by atoms with E-state index in [1.54, 1.807) is 7.05 Å². The van der Waals surface area contributed by atoms with Gasteiger partial charge in [-0.2, -0.15) is 0 Å². The SMILES string of the molecule is C[C@H](CCc1ccccc1)NC(=O)N(C)Cc1nc2ccsc2c(=O)[nH]1. The van der Waals surface area contributed by atoms with E-state index in [2.05, 4.69) is 27.4 Å². The van der Waals surface area contributed by atoms with Crippen molar-refractivity contribution in [2.45, 2.75) is 32.4 Å². The zero-order valence-corrected chi connectivity index (χ0v) is 15.7. The Labute approximate surface area is 155 Å². The maximum absolute atomic E-state index is 12.4. The van der Waals surface area contributed by atoms with E-state index < -0.39 is 0 Å². The molecule has 1 atom stereocenters. The minimum atomic E-state index is -0.182. The van der Waals surface area contributed by atoms with Gasteiger partial charge in [-0.25, -0.2) is 9.78 Å². The fourth-order valence-electron chi connectivity index (χ4n) is 2.71. The molecule has 7 heteroatoms. The predicted octanol–water partition coefficient (Wildman–Crippen LogP) is 3.15. The fraction of sp³-hybridized carbons (Fsp3) is 0.316. The van der Waals surface area contributed by atoms with Gasteiger partial charge in [-0.15, -0.1) is 11.3 Å². The van der Waals surface area contributed by atoms with Crippen LogP contribution < -0.4 is 10.9 Å². The second-order valence-electron chi connectivity index (χ2n) is 6.38. The van der Waals surface area contributed by atoms with Crippen molar-refractivity contribution in [2.75, 3.05) is 7.05 Å². The average molecular weight is 370 g/mol. The summed E-state index contributed by atoms with van der Waals surface area (Å²) in [7, 11) is 1.69. The lowest BCUT2D eigenvalue weighted by atomic mass is 10.1. The van der Waals surface area contributed by atoms with Gasteiger partial charge in [0.2, 0.25) is 0 Å². The summed E-state index contributed by atoms with van der Waals surface area (Å²) in [6.07, 6.45) is 1.77. The van der Waals surface area contributed by atoms with Gasteiger partial charge in [0.15, 0.2) is 0 Å². The molecule has 0 fully saturated rings. The predicted molar refractivity (Wildman–Crippen MR) is 104 cm³/mol. The Kier molecular flexibility index (Phi) is 5.68. The summed E-state index contributed by atoms with van der Waals surface area (Å²) in [6.45, 7) is 2.24. The number of hydrogen-bond donors (Lipinski definition) is 2. The highest BCUT2D eigenvalue weighted by Crippen LogP contribution is 2.14. The van der Waals surface area contributed by atoms with Crippen LogP contribution in [-0.4, -0.2) is 34.0 Å². The van der Waals surface area contributed by atoms with Crippen molar-refractivity contribution in [1.29, 1.82) is 0 Å². The van der Waals surface area contributed by atoms with E-state index in [4.69, 9.17) is 0 Å². The maximum Gasteiger partial charge on any atom is 0.317 e. The molecule has 0 radical (unpaired) electrons. The average Bonchev–Trinajstić information content (AvgIpc) is 3.10. The van der Waals surface area contributed by atoms with Gasteiger partial charge in [-0.1, -0.05) is 30.3 Å². The molecule has 136 valence electrons. The first-order chi connectivity index (χ1) is 12.5. The lowest BCUT2D eigenvalue weighted by Gasteiger charge is -2.21. The Morgan fingerprint density at radius 2 is 2.08 bits per heavy atom. The van der Waals surface area contributed by atoms with E-state index in [9.17, 15) is 9.59 Å². The Bertz CT molecular complexity index is 935. The number of nitrogens with zero attached hydrogens (tertiary/aromatic N) is 2. The number of aromatic nitrogens is 2. The number of urea groups is 1. The number of H-pyrrole nitrogens is 1. The van der Waals surface area contributed by atoms with E-state index in [1.807, 2.05) is 36.6 Å². The third-order valence-electron chi connectivity index (χ3n) is 4.18. The number of aromatic amines is 1. The van der Waals surface area contributed by atoms with Crippen molar-refractivity contribution < 1.29 is 4.79 Å². The molecule has 0 aliphatic heterocycles. The number of rotatable bonds is 6. The van der Waals surface area contributed by atoms with Crippen LogP contribution in [0, 0.1) is 0 Å². The molecule has 2 aromatic heterocycles. The normalized spacial score (nSPS) is 12.1. The van der Waals surface area contributed by atoms with Crippen molar-refractivity contribution >= 4 is 27.6 Å². The smallest absolute Gasteiger partial charge is 0.317 e. The lowest BCUT2D eigenvalue weighted by Crippen LogP contribution is -2.42. The van der Waals surface area contributed by atoms with Crippen molar-refractivity contribution in [3.8, 4) is 0 Å². The van der Waals surface area contributed by atoms with Crippen LogP contribution in [0.2, 0.25) is 0 Å². The highest BCUT2D eigenvalue weighted by Gasteiger charge is 2.14. The third kappa shape index (κ3) is 4.49. The van der Waals surface area contributed by atoms with E-state index in [0.29, 0.717) is 16.0 Å². The highest BCUT2D eigenvalue weighted by molar-refractivity contribution is 7.17. The van der Waals surface area contributed by atoms with Gasteiger partial charge in [0.05, 0.1) is 12.1 Å². The number of amides is 2. The van der Waals surface area contributed by atoms with Crippen LogP contribution in [0.3, 0.4) is 0 Å². The summed E-state index contributed by atoms with van der Waals surface area (Å²) in [5.74, 6) is 0.482. The van der Waals surface area contributed by atoms with Crippen molar-refractivity contribution in [3.63, 3.8) is 0 Å². The number of hydrogen-bond acceptors (Lipinski definition) is 4.